The van der Waals surface area contributed by atoms with E-state index in [1.165, 1.54) is 24.3 Å². The Morgan fingerprint density at radius 2 is 2.25 bits per heavy atom. The third-order valence-corrected chi connectivity index (χ3v) is 3.94. The molecule has 0 aliphatic carbocycles. The fourth-order valence-electron chi connectivity index (χ4n) is 1.91. The summed E-state index contributed by atoms with van der Waals surface area (Å²) in [5, 5.41) is 7.22. The van der Waals surface area contributed by atoms with Crippen molar-refractivity contribution in [2.24, 2.45) is 0 Å². The maximum absolute atomic E-state index is 5.27. The molecule has 1 fully saturated rings. The number of aryl methyl sites for hydroxylation is 1. The van der Waals surface area contributed by atoms with E-state index in [4.69, 9.17) is 4.52 Å². The Balaban J connectivity index is 1.85. The van der Waals surface area contributed by atoms with Gasteiger partial charge < -0.3 is 9.84 Å². The molecule has 2 rings (SSSR count). The highest BCUT2D eigenvalue weighted by molar-refractivity contribution is 7.99. The molecule has 5 heteroatoms. The summed E-state index contributed by atoms with van der Waals surface area (Å²) in [6.07, 6.45) is 4.33. The third kappa shape index (κ3) is 3.22. The maximum atomic E-state index is 5.27. The highest BCUT2D eigenvalue weighted by Gasteiger charge is 2.20. The molecule has 1 aromatic rings. The van der Waals surface area contributed by atoms with Gasteiger partial charge in [0.15, 0.2) is 5.82 Å². The third-order valence-electron chi connectivity index (χ3n) is 2.89. The average Bonchev–Trinajstić information content (AvgIpc) is 2.79. The Morgan fingerprint density at radius 3 is 3.00 bits per heavy atom. The van der Waals surface area contributed by atoms with E-state index in [0.717, 1.165) is 31.1 Å². The molecule has 1 N–H and O–H groups in total. The van der Waals surface area contributed by atoms with Crippen LogP contribution >= 0.6 is 11.8 Å². The summed E-state index contributed by atoms with van der Waals surface area (Å²) in [4.78, 5) is 4.49. The monoisotopic (exact) mass is 241 g/mol. The molecule has 0 saturated carbocycles. The van der Waals surface area contributed by atoms with Crippen LogP contribution in [-0.2, 0) is 6.42 Å². The Bertz CT molecular complexity index is 310. The number of nitrogens with zero attached hydrogens (tertiary/aromatic N) is 2. The van der Waals surface area contributed by atoms with Crippen LogP contribution in [0.5, 0.6) is 0 Å². The standard InChI is InChI=1S/C11H19N3OS/c1-12-6-2-3-10-13-11(14-15-10)9-4-7-16-8-5-9/h9,12H,2-8H2,1H3. The highest BCUT2D eigenvalue weighted by Crippen LogP contribution is 2.29. The van der Waals surface area contributed by atoms with Gasteiger partial charge in [-0.05, 0) is 44.4 Å². The van der Waals surface area contributed by atoms with Crippen molar-refractivity contribution in [1.29, 1.82) is 0 Å². The first-order valence-electron chi connectivity index (χ1n) is 5.95. The molecule has 2 heterocycles. The second kappa shape index (κ2) is 6.25. The van der Waals surface area contributed by atoms with Crippen molar-refractivity contribution in [2.45, 2.75) is 31.6 Å². The van der Waals surface area contributed by atoms with Gasteiger partial charge in [0, 0.05) is 12.3 Å². The predicted molar refractivity (Wildman–Crippen MR) is 65.8 cm³/mol. The largest absolute Gasteiger partial charge is 0.339 e. The van der Waals surface area contributed by atoms with Gasteiger partial charge in [-0.2, -0.15) is 16.7 Å². The van der Waals surface area contributed by atoms with Crippen molar-refractivity contribution in [1.82, 2.24) is 15.5 Å². The first-order valence-corrected chi connectivity index (χ1v) is 7.10. The van der Waals surface area contributed by atoms with Gasteiger partial charge in [0.1, 0.15) is 0 Å². The molecule has 0 aromatic carbocycles. The lowest BCUT2D eigenvalue weighted by atomic mass is 10.0. The summed E-state index contributed by atoms with van der Waals surface area (Å²) in [5.41, 5.74) is 0. The van der Waals surface area contributed by atoms with Crippen LogP contribution in [0.4, 0.5) is 0 Å². The van der Waals surface area contributed by atoms with E-state index >= 15 is 0 Å². The lowest BCUT2D eigenvalue weighted by Crippen LogP contribution is -2.10. The lowest BCUT2D eigenvalue weighted by molar-refractivity contribution is 0.365. The zero-order chi connectivity index (χ0) is 11.2. The Kier molecular flexibility index (Phi) is 4.66. The molecule has 1 aliphatic rings. The Morgan fingerprint density at radius 1 is 1.44 bits per heavy atom. The minimum absolute atomic E-state index is 0.531. The molecular weight excluding hydrogens is 222 g/mol. The van der Waals surface area contributed by atoms with Gasteiger partial charge in [0.25, 0.3) is 0 Å². The van der Waals surface area contributed by atoms with Gasteiger partial charge in [-0.1, -0.05) is 5.16 Å². The molecular formula is C11H19N3OS. The fraction of sp³-hybridized carbons (Fsp3) is 0.818. The number of aromatic nitrogens is 2. The van der Waals surface area contributed by atoms with Gasteiger partial charge in [-0.15, -0.1) is 0 Å². The number of nitrogens with one attached hydrogen (secondary N) is 1. The quantitative estimate of drug-likeness (QED) is 0.797. The highest BCUT2D eigenvalue weighted by atomic mass is 32.2. The summed E-state index contributed by atoms with van der Waals surface area (Å²) < 4.78 is 5.27. The van der Waals surface area contributed by atoms with Crippen molar-refractivity contribution in [3.63, 3.8) is 0 Å². The van der Waals surface area contributed by atoms with Crippen LogP contribution in [0.15, 0.2) is 4.52 Å². The Hall–Kier alpha value is -0.550. The van der Waals surface area contributed by atoms with Crippen LogP contribution in [0, 0.1) is 0 Å². The van der Waals surface area contributed by atoms with Gasteiger partial charge in [0.2, 0.25) is 5.89 Å². The summed E-state index contributed by atoms with van der Waals surface area (Å²) in [7, 11) is 1.96. The van der Waals surface area contributed by atoms with Crippen molar-refractivity contribution in [3.8, 4) is 0 Å². The number of rotatable bonds is 5. The summed E-state index contributed by atoms with van der Waals surface area (Å²) in [5.74, 6) is 4.72. The van der Waals surface area contributed by atoms with Gasteiger partial charge in [-0.3, -0.25) is 0 Å². The van der Waals surface area contributed by atoms with E-state index in [1.54, 1.807) is 0 Å². The predicted octanol–water partition coefficient (Wildman–Crippen LogP) is 1.83. The molecule has 0 bridgehead atoms. The SMILES string of the molecule is CNCCCc1nc(C2CCSCC2)no1. The van der Waals surface area contributed by atoms with Crippen LogP contribution in [0.25, 0.3) is 0 Å². The van der Waals surface area contributed by atoms with E-state index < -0.39 is 0 Å². The fourth-order valence-corrected chi connectivity index (χ4v) is 3.01. The van der Waals surface area contributed by atoms with E-state index in [0.29, 0.717) is 5.92 Å². The molecule has 1 saturated heterocycles. The van der Waals surface area contributed by atoms with Gasteiger partial charge in [0.05, 0.1) is 0 Å². The van der Waals surface area contributed by atoms with Gasteiger partial charge in [-0.25, -0.2) is 0 Å². The van der Waals surface area contributed by atoms with Crippen LogP contribution < -0.4 is 5.32 Å². The van der Waals surface area contributed by atoms with Crippen LogP contribution in [-0.4, -0.2) is 35.2 Å². The number of hydrogen-bond donors (Lipinski definition) is 1. The number of thioether (sulfide) groups is 1. The maximum Gasteiger partial charge on any atom is 0.226 e. The minimum atomic E-state index is 0.531. The first-order chi connectivity index (χ1) is 7.90. The van der Waals surface area contributed by atoms with Crippen LogP contribution in [0.1, 0.15) is 36.9 Å². The molecule has 0 unspecified atom stereocenters. The Labute approximate surface area is 101 Å². The summed E-state index contributed by atoms with van der Waals surface area (Å²) in [6, 6.07) is 0. The molecule has 0 amide bonds. The lowest BCUT2D eigenvalue weighted by Gasteiger charge is -2.17. The van der Waals surface area contributed by atoms with Crippen molar-refractivity contribution in [3.05, 3.63) is 11.7 Å². The van der Waals surface area contributed by atoms with Crippen molar-refractivity contribution in [2.75, 3.05) is 25.1 Å². The smallest absolute Gasteiger partial charge is 0.226 e. The normalized spacial score (nSPS) is 17.8. The van der Waals surface area contributed by atoms with Crippen LogP contribution in [0.3, 0.4) is 0 Å². The van der Waals surface area contributed by atoms with Gasteiger partial charge >= 0.3 is 0 Å². The van der Waals surface area contributed by atoms with E-state index in [-0.39, 0.29) is 0 Å². The molecule has 16 heavy (non-hydrogen) atoms. The summed E-state index contributed by atoms with van der Waals surface area (Å²) in [6.45, 7) is 0.998. The van der Waals surface area contributed by atoms with E-state index in [9.17, 15) is 0 Å². The molecule has 0 radical (unpaired) electrons. The molecule has 0 spiro atoms. The van der Waals surface area contributed by atoms with E-state index in [2.05, 4.69) is 15.5 Å². The second-order valence-electron chi connectivity index (χ2n) is 4.14. The molecule has 0 atom stereocenters. The summed E-state index contributed by atoms with van der Waals surface area (Å²) >= 11 is 2.02. The first kappa shape index (κ1) is 11.9. The molecule has 1 aromatic heterocycles. The zero-order valence-corrected chi connectivity index (χ0v) is 10.6. The topological polar surface area (TPSA) is 51.0 Å². The number of hydrogen-bond acceptors (Lipinski definition) is 5. The second-order valence-corrected chi connectivity index (χ2v) is 5.36. The van der Waals surface area contributed by atoms with Crippen molar-refractivity contribution < 1.29 is 4.52 Å². The van der Waals surface area contributed by atoms with Crippen LogP contribution in [0.2, 0.25) is 0 Å². The molecule has 90 valence electrons. The minimum Gasteiger partial charge on any atom is -0.339 e. The van der Waals surface area contributed by atoms with Crippen molar-refractivity contribution >= 4 is 11.8 Å². The molecule has 1 aliphatic heterocycles. The average molecular weight is 241 g/mol. The zero-order valence-electron chi connectivity index (χ0n) is 9.74. The van der Waals surface area contributed by atoms with E-state index in [1.807, 2.05) is 18.8 Å². The molecule has 4 nitrogen and oxygen atoms in total.